The first kappa shape index (κ1) is 17.6. The molecule has 2 amide bonds. The highest BCUT2D eigenvalue weighted by Gasteiger charge is 2.13. The number of amides is 2. The number of ether oxygens (including phenoxy) is 1. The van der Waals surface area contributed by atoms with E-state index in [-0.39, 0.29) is 17.9 Å². The summed E-state index contributed by atoms with van der Waals surface area (Å²) in [6.45, 7) is -3.12. The van der Waals surface area contributed by atoms with Crippen LogP contribution in [0.3, 0.4) is 0 Å². The number of halogens is 3. The molecular formula is C16H15F3N2O3. The van der Waals surface area contributed by atoms with Gasteiger partial charge < -0.3 is 20.5 Å². The lowest BCUT2D eigenvalue weighted by atomic mass is 10.1. The van der Waals surface area contributed by atoms with Crippen molar-refractivity contribution in [3.8, 4) is 5.75 Å². The molecule has 0 aromatic heterocycles. The highest BCUT2D eigenvalue weighted by atomic mass is 19.3. The molecule has 3 N–H and O–H groups in total. The first-order valence-corrected chi connectivity index (χ1v) is 6.98. The molecule has 0 bridgehead atoms. The second-order valence-electron chi connectivity index (χ2n) is 4.78. The SMILES string of the molecule is O=C(NCC(O)c1ccccc1F)Nc1ccc(OC(F)F)cc1. The van der Waals surface area contributed by atoms with Gasteiger partial charge in [0.15, 0.2) is 0 Å². The summed E-state index contributed by atoms with van der Waals surface area (Å²) in [5, 5.41) is 14.7. The van der Waals surface area contributed by atoms with Gasteiger partial charge in [0.25, 0.3) is 0 Å². The molecular weight excluding hydrogens is 325 g/mol. The molecule has 0 radical (unpaired) electrons. The number of anilines is 1. The fourth-order valence-electron chi connectivity index (χ4n) is 1.94. The molecule has 0 fully saturated rings. The second kappa shape index (κ2) is 8.21. The lowest BCUT2D eigenvalue weighted by Crippen LogP contribution is -2.32. The fraction of sp³-hybridized carbons (Fsp3) is 0.188. The van der Waals surface area contributed by atoms with Gasteiger partial charge in [-0.3, -0.25) is 0 Å². The second-order valence-corrected chi connectivity index (χ2v) is 4.78. The first-order valence-electron chi connectivity index (χ1n) is 6.98. The number of nitrogens with one attached hydrogen (secondary N) is 2. The molecule has 2 aromatic rings. The Labute approximate surface area is 136 Å². The monoisotopic (exact) mass is 340 g/mol. The van der Waals surface area contributed by atoms with Crippen LogP contribution < -0.4 is 15.4 Å². The van der Waals surface area contributed by atoms with E-state index in [9.17, 15) is 23.1 Å². The van der Waals surface area contributed by atoms with E-state index in [0.717, 1.165) is 0 Å². The van der Waals surface area contributed by atoms with Crippen molar-refractivity contribution in [3.63, 3.8) is 0 Å². The molecule has 2 rings (SSSR count). The Hall–Kier alpha value is -2.74. The van der Waals surface area contributed by atoms with Gasteiger partial charge in [0, 0.05) is 17.8 Å². The Bertz CT molecular complexity index is 681. The largest absolute Gasteiger partial charge is 0.435 e. The summed E-state index contributed by atoms with van der Waals surface area (Å²) in [6.07, 6.45) is -1.20. The predicted octanol–water partition coefficient (Wildman–Crippen LogP) is 3.28. The molecule has 0 spiro atoms. The zero-order valence-corrected chi connectivity index (χ0v) is 12.4. The number of hydrogen-bond acceptors (Lipinski definition) is 3. The average Bonchev–Trinajstić information content (AvgIpc) is 2.54. The van der Waals surface area contributed by atoms with Gasteiger partial charge in [0.2, 0.25) is 0 Å². The molecule has 0 aliphatic rings. The van der Waals surface area contributed by atoms with Crippen molar-refractivity contribution in [2.45, 2.75) is 12.7 Å². The van der Waals surface area contributed by atoms with Crippen molar-refractivity contribution in [1.29, 1.82) is 0 Å². The molecule has 24 heavy (non-hydrogen) atoms. The Morgan fingerprint density at radius 2 is 1.79 bits per heavy atom. The Morgan fingerprint density at radius 1 is 1.12 bits per heavy atom. The summed E-state index contributed by atoms with van der Waals surface area (Å²) in [5.41, 5.74) is 0.417. The molecule has 1 unspecified atom stereocenters. The number of hydrogen-bond donors (Lipinski definition) is 3. The molecule has 5 nitrogen and oxygen atoms in total. The molecule has 0 saturated heterocycles. The fourth-order valence-corrected chi connectivity index (χ4v) is 1.94. The van der Waals surface area contributed by atoms with Crippen LogP contribution in [0.5, 0.6) is 5.75 Å². The number of alkyl halides is 2. The van der Waals surface area contributed by atoms with Crippen LogP contribution >= 0.6 is 0 Å². The third kappa shape index (κ3) is 5.17. The van der Waals surface area contributed by atoms with Crippen LogP contribution in [0.15, 0.2) is 48.5 Å². The topological polar surface area (TPSA) is 70.6 Å². The third-order valence-electron chi connectivity index (χ3n) is 3.06. The quantitative estimate of drug-likeness (QED) is 0.756. The lowest BCUT2D eigenvalue weighted by molar-refractivity contribution is -0.0498. The standard InChI is InChI=1S/C16H15F3N2O3/c17-13-4-2-1-3-12(13)14(22)9-20-16(23)21-10-5-7-11(8-6-10)24-15(18)19/h1-8,14-15,22H,9H2,(H2,20,21,23). The lowest BCUT2D eigenvalue weighted by Gasteiger charge is -2.13. The molecule has 8 heteroatoms. The van der Waals surface area contributed by atoms with Crippen molar-refractivity contribution < 1.29 is 27.8 Å². The van der Waals surface area contributed by atoms with E-state index in [2.05, 4.69) is 15.4 Å². The first-order chi connectivity index (χ1) is 11.5. The predicted molar refractivity (Wildman–Crippen MR) is 81.5 cm³/mol. The summed E-state index contributed by atoms with van der Waals surface area (Å²) in [4.78, 5) is 11.7. The molecule has 0 saturated carbocycles. The van der Waals surface area contributed by atoms with Crippen LogP contribution in [0.1, 0.15) is 11.7 Å². The van der Waals surface area contributed by atoms with Crippen LogP contribution in [-0.2, 0) is 0 Å². The molecule has 1 atom stereocenters. The molecule has 0 heterocycles. The number of carbonyl (C=O) groups is 1. The van der Waals surface area contributed by atoms with Crippen molar-refractivity contribution >= 4 is 11.7 Å². The van der Waals surface area contributed by atoms with Gasteiger partial charge in [-0.05, 0) is 30.3 Å². The molecule has 0 aliphatic carbocycles. The van der Waals surface area contributed by atoms with Crippen molar-refractivity contribution in [2.24, 2.45) is 0 Å². The highest BCUT2D eigenvalue weighted by molar-refractivity contribution is 5.89. The van der Waals surface area contributed by atoms with Gasteiger partial charge in [-0.2, -0.15) is 8.78 Å². The van der Waals surface area contributed by atoms with Gasteiger partial charge in [-0.25, -0.2) is 9.18 Å². The van der Waals surface area contributed by atoms with Gasteiger partial charge in [0.1, 0.15) is 11.6 Å². The Morgan fingerprint density at radius 3 is 2.42 bits per heavy atom. The van der Waals surface area contributed by atoms with Crippen molar-refractivity contribution in [1.82, 2.24) is 5.32 Å². The van der Waals surface area contributed by atoms with E-state index in [1.165, 1.54) is 42.5 Å². The van der Waals surface area contributed by atoms with Gasteiger partial charge in [-0.1, -0.05) is 18.2 Å². The average molecular weight is 340 g/mol. The number of rotatable bonds is 6. The maximum atomic E-state index is 13.5. The van der Waals surface area contributed by atoms with Crippen molar-refractivity contribution in [3.05, 3.63) is 59.9 Å². The summed E-state index contributed by atoms with van der Waals surface area (Å²) in [7, 11) is 0. The van der Waals surface area contributed by atoms with Crippen LogP contribution in [0.25, 0.3) is 0 Å². The number of urea groups is 1. The number of aliphatic hydroxyl groups is 1. The van der Waals surface area contributed by atoms with Gasteiger partial charge in [-0.15, -0.1) is 0 Å². The summed E-state index contributed by atoms with van der Waals surface area (Å²) in [5.74, 6) is -0.604. The maximum absolute atomic E-state index is 13.5. The number of benzene rings is 2. The van der Waals surface area contributed by atoms with Gasteiger partial charge in [0.05, 0.1) is 6.10 Å². The zero-order chi connectivity index (χ0) is 17.5. The van der Waals surface area contributed by atoms with E-state index in [0.29, 0.717) is 5.69 Å². The molecule has 128 valence electrons. The van der Waals surface area contributed by atoms with Crippen LogP contribution in [0, 0.1) is 5.82 Å². The van der Waals surface area contributed by atoms with E-state index < -0.39 is 24.6 Å². The van der Waals surface area contributed by atoms with Crippen LogP contribution in [0.2, 0.25) is 0 Å². The number of carbonyl (C=O) groups excluding carboxylic acids is 1. The summed E-state index contributed by atoms with van der Waals surface area (Å²) < 4.78 is 41.7. The third-order valence-corrected chi connectivity index (χ3v) is 3.06. The minimum Gasteiger partial charge on any atom is -0.435 e. The zero-order valence-electron chi connectivity index (χ0n) is 12.4. The Kier molecular flexibility index (Phi) is 6.02. The molecule has 2 aromatic carbocycles. The van der Waals surface area contributed by atoms with Crippen LogP contribution in [0.4, 0.5) is 23.7 Å². The number of aliphatic hydroxyl groups excluding tert-OH is 1. The minimum absolute atomic E-state index is 0.0362. The van der Waals surface area contributed by atoms with E-state index in [1.807, 2.05) is 0 Å². The van der Waals surface area contributed by atoms with Crippen molar-refractivity contribution in [2.75, 3.05) is 11.9 Å². The molecule has 0 aliphatic heterocycles. The summed E-state index contributed by atoms with van der Waals surface area (Å²) in [6, 6.07) is 10.4. The van der Waals surface area contributed by atoms with E-state index >= 15 is 0 Å². The van der Waals surface area contributed by atoms with Crippen LogP contribution in [-0.4, -0.2) is 24.3 Å². The maximum Gasteiger partial charge on any atom is 0.387 e. The Balaban J connectivity index is 1.84. The normalized spacial score (nSPS) is 11.9. The smallest absolute Gasteiger partial charge is 0.387 e. The van der Waals surface area contributed by atoms with Gasteiger partial charge >= 0.3 is 12.6 Å². The summed E-state index contributed by atoms with van der Waals surface area (Å²) >= 11 is 0. The van der Waals surface area contributed by atoms with E-state index in [4.69, 9.17) is 0 Å². The minimum atomic E-state index is -2.92. The van der Waals surface area contributed by atoms with E-state index in [1.54, 1.807) is 6.07 Å². The highest BCUT2D eigenvalue weighted by Crippen LogP contribution is 2.18.